The van der Waals surface area contributed by atoms with Crippen molar-refractivity contribution >= 4 is 21.8 Å². The van der Waals surface area contributed by atoms with Gasteiger partial charge in [0.2, 0.25) is 0 Å². The number of anilines is 1. The molecule has 1 aliphatic heterocycles. The fourth-order valence-corrected chi connectivity index (χ4v) is 6.40. The predicted octanol–water partition coefficient (Wildman–Crippen LogP) is 5.18. The summed E-state index contributed by atoms with van der Waals surface area (Å²) in [5.41, 5.74) is 3.44. The molecule has 0 saturated carbocycles. The van der Waals surface area contributed by atoms with E-state index in [2.05, 4.69) is 0 Å². The SMILES string of the molecule is Cc1cc(C)c(S(=O)(=O)N2c3ccccc3C=C([N+](=O)[O-])[C@@H]2c2ccccc2)c(C)c1. The van der Waals surface area contributed by atoms with Gasteiger partial charge in [0.25, 0.3) is 15.7 Å². The Labute approximate surface area is 181 Å². The second-order valence-electron chi connectivity index (χ2n) is 7.73. The van der Waals surface area contributed by atoms with Crippen LogP contribution in [0.3, 0.4) is 0 Å². The smallest absolute Gasteiger partial charge is 0.259 e. The van der Waals surface area contributed by atoms with Gasteiger partial charge < -0.3 is 0 Å². The molecule has 0 aliphatic carbocycles. The summed E-state index contributed by atoms with van der Waals surface area (Å²) in [6.07, 6.45) is 1.47. The first-order valence-corrected chi connectivity index (χ1v) is 11.3. The number of fused-ring (bicyclic) bond motifs is 1. The van der Waals surface area contributed by atoms with Crippen molar-refractivity contribution in [3.63, 3.8) is 0 Å². The van der Waals surface area contributed by atoms with Gasteiger partial charge in [0, 0.05) is 11.6 Å². The molecule has 3 aromatic rings. The van der Waals surface area contributed by atoms with Crippen LogP contribution < -0.4 is 4.31 Å². The molecule has 1 heterocycles. The molecule has 0 bridgehead atoms. The van der Waals surface area contributed by atoms with Crippen LogP contribution >= 0.6 is 0 Å². The molecule has 7 heteroatoms. The molecule has 0 saturated heterocycles. The van der Waals surface area contributed by atoms with Crippen LogP contribution in [-0.4, -0.2) is 13.3 Å². The lowest BCUT2D eigenvalue weighted by atomic mass is 9.97. The molecule has 1 aliphatic rings. The zero-order valence-corrected chi connectivity index (χ0v) is 18.3. The first-order valence-electron chi connectivity index (χ1n) is 9.84. The molecule has 0 unspecified atom stereocenters. The molecule has 0 aromatic heterocycles. The van der Waals surface area contributed by atoms with Crippen molar-refractivity contribution in [1.82, 2.24) is 0 Å². The van der Waals surface area contributed by atoms with Gasteiger partial charge in [0.1, 0.15) is 0 Å². The highest BCUT2D eigenvalue weighted by Crippen LogP contribution is 2.45. The highest BCUT2D eigenvalue weighted by molar-refractivity contribution is 7.93. The van der Waals surface area contributed by atoms with Crippen molar-refractivity contribution in [2.24, 2.45) is 0 Å². The van der Waals surface area contributed by atoms with Crippen LogP contribution in [0, 0.1) is 30.9 Å². The summed E-state index contributed by atoms with van der Waals surface area (Å²) >= 11 is 0. The monoisotopic (exact) mass is 434 g/mol. The summed E-state index contributed by atoms with van der Waals surface area (Å²) in [6.45, 7) is 5.42. The van der Waals surface area contributed by atoms with Crippen LogP contribution in [0.5, 0.6) is 0 Å². The average molecular weight is 435 g/mol. The van der Waals surface area contributed by atoms with Crippen molar-refractivity contribution in [2.45, 2.75) is 31.7 Å². The van der Waals surface area contributed by atoms with Crippen LogP contribution in [-0.2, 0) is 10.0 Å². The van der Waals surface area contributed by atoms with E-state index in [1.165, 1.54) is 10.4 Å². The van der Waals surface area contributed by atoms with Crippen molar-refractivity contribution in [3.05, 3.63) is 110 Å². The Morgan fingerprint density at radius 1 is 0.903 bits per heavy atom. The fraction of sp³-hybridized carbons (Fsp3) is 0.167. The van der Waals surface area contributed by atoms with Crippen molar-refractivity contribution < 1.29 is 13.3 Å². The minimum absolute atomic E-state index is 0.179. The maximum absolute atomic E-state index is 14.1. The molecule has 158 valence electrons. The van der Waals surface area contributed by atoms with E-state index < -0.39 is 21.0 Å². The second-order valence-corrected chi connectivity index (χ2v) is 9.48. The van der Waals surface area contributed by atoms with E-state index in [0.717, 1.165) is 5.56 Å². The number of benzene rings is 3. The minimum Gasteiger partial charge on any atom is -0.259 e. The summed E-state index contributed by atoms with van der Waals surface area (Å²) < 4.78 is 29.5. The normalized spacial score (nSPS) is 15.9. The molecule has 1 atom stereocenters. The number of para-hydroxylation sites is 1. The molecule has 3 aromatic carbocycles. The zero-order chi connectivity index (χ0) is 22.3. The van der Waals surface area contributed by atoms with Gasteiger partial charge in [-0.25, -0.2) is 12.7 Å². The summed E-state index contributed by atoms with van der Waals surface area (Å²) in [5.74, 6) is 0. The van der Waals surface area contributed by atoms with Gasteiger partial charge in [-0.05, 0) is 43.5 Å². The molecule has 31 heavy (non-hydrogen) atoms. The third kappa shape index (κ3) is 3.51. The minimum atomic E-state index is -4.13. The highest BCUT2D eigenvalue weighted by atomic mass is 32.2. The quantitative estimate of drug-likeness (QED) is 0.419. The first kappa shape index (κ1) is 20.8. The topological polar surface area (TPSA) is 80.5 Å². The maximum atomic E-state index is 14.1. The van der Waals surface area contributed by atoms with Gasteiger partial charge in [0.05, 0.1) is 15.5 Å². The Balaban J connectivity index is 2.06. The van der Waals surface area contributed by atoms with E-state index in [0.29, 0.717) is 27.9 Å². The fourth-order valence-electron chi connectivity index (χ4n) is 4.34. The Kier molecular flexibility index (Phi) is 5.15. The molecule has 0 fully saturated rings. The summed E-state index contributed by atoms with van der Waals surface area (Å²) in [6, 6.07) is 18.1. The Bertz CT molecular complexity index is 1290. The molecular weight excluding hydrogens is 412 g/mol. The lowest BCUT2D eigenvalue weighted by Crippen LogP contribution is -2.40. The van der Waals surface area contributed by atoms with E-state index in [1.807, 2.05) is 19.1 Å². The van der Waals surface area contributed by atoms with Crippen molar-refractivity contribution in [3.8, 4) is 0 Å². The van der Waals surface area contributed by atoms with Crippen molar-refractivity contribution in [2.75, 3.05) is 4.31 Å². The summed E-state index contributed by atoms with van der Waals surface area (Å²) in [5, 5.41) is 12.1. The van der Waals surface area contributed by atoms with E-state index >= 15 is 0 Å². The molecule has 0 radical (unpaired) electrons. The number of sulfonamides is 1. The van der Waals surface area contributed by atoms with E-state index in [4.69, 9.17) is 0 Å². The van der Waals surface area contributed by atoms with Gasteiger partial charge in [-0.3, -0.25) is 10.1 Å². The van der Waals surface area contributed by atoms with E-state index in [9.17, 15) is 18.5 Å². The first-order chi connectivity index (χ1) is 14.7. The number of hydrogen-bond donors (Lipinski definition) is 0. The molecule has 4 rings (SSSR count). The molecule has 0 N–H and O–H groups in total. The molecular formula is C24H22N2O4S. The molecule has 0 spiro atoms. The van der Waals surface area contributed by atoms with Gasteiger partial charge in [-0.15, -0.1) is 0 Å². The van der Waals surface area contributed by atoms with Gasteiger partial charge in [-0.2, -0.15) is 0 Å². The van der Waals surface area contributed by atoms with Gasteiger partial charge in [0.15, 0.2) is 6.04 Å². The standard InChI is InChI=1S/C24H22N2O4S/c1-16-13-17(2)24(18(3)14-16)31(29,30)25-21-12-8-7-11-20(21)15-22(26(27)28)23(25)19-9-5-4-6-10-19/h4-15,23H,1-3H3/t23-/m0/s1. The van der Waals surface area contributed by atoms with Crippen LogP contribution in [0.1, 0.15) is 33.9 Å². The third-order valence-corrected chi connectivity index (χ3v) is 7.53. The molecule has 0 amide bonds. The third-order valence-electron chi connectivity index (χ3n) is 5.44. The Morgan fingerprint density at radius 2 is 1.48 bits per heavy atom. The summed E-state index contributed by atoms with van der Waals surface area (Å²) in [7, 11) is -4.13. The second kappa shape index (κ2) is 7.67. The number of aryl methyl sites for hydroxylation is 3. The Morgan fingerprint density at radius 3 is 2.10 bits per heavy atom. The zero-order valence-electron chi connectivity index (χ0n) is 17.4. The predicted molar refractivity (Wildman–Crippen MR) is 121 cm³/mol. The largest absolute Gasteiger partial charge is 0.274 e. The van der Waals surface area contributed by atoms with Crippen LogP contribution in [0.4, 0.5) is 5.69 Å². The number of rotatable bonds is 4. The molecule has 6 nitrogen and oxygen atoms in total. The maximum Gasteiger partial charge on any atom is 0.274 e. The number of nitro groups is 1. The van der Waals surface area contributed by atoms with Gasteiger partial charge in [-0.1, -0.05) is 66.2 Å². The lowest BCUT2D eigenvalue weighted by Gasteiger charge is -2.35. The van der Waals surface area contributed by atoms with Gasteiger partial charge >= 0.3 is 0 Å². The van der Waals surface area contributed by atoms with E-state index in [1.54, 1.807) is 68.4 Å². The van der Waals surface area contributed by atoms with E-state index in [-0.39, 0.29) is 10.6 Å². The highest BCUT2D eigenvalue weighted by Gasteiger charge is 2.44. The van der Waals surface area contributed by atoms with Crippen LogP contribution in [0.2, 0.25) is 0 Å². The van der Waals surface area contributed by atoms with Crippen LogP contribution in [0.15, 0.2) is 77.3 Å². The average Bonchev–Trinajstić information content (AvgIpc) is 2.71. The number of nitrogens with zero attached hydrogens (tertiary/aromatic N) is 2. The van der Waals surface area contributed by atoms with Crippen LogP contribution in [0.25, 0.3) is 6.08 Å². The Hall–Kier alpha value is -3.45. The van der Waals surface area contributed by atoms with Crippen molar-refractivity contribution in [1.29, 1.82) is 0 Å². The lowest BCUT2D eigenvalue weighted by molar-refractivity contribution is -0.428. The number of hydrogen-bond acceptors (Lipinski definition) is 4. The summed E-state index contributed by atoms with van der Waals surface area (Å²) in [4.78, 5) is 11.7.